The predicted octanol–water partition coefficient (Wildman–Crippen LogP) is 1.13. The Morgan fingerprint density at radius 2 is 2.05 bits per heavy atom. The van der Waals surface area contributed by atoms with Gasteiger partial charge in [-0.2, -0.15) is 0 Å². The first kappa shape index (κ1) is 13.0. The molecule has 1 N–H and O–H groups in total. The van der Waals surface area contributed by atoms with Gasteiger partial charge < -0.3 is 0 Å². The van der Waals surface area contributed by atoms with Gasteiger partial charge in [-0.05, 0) is 25.0 Å². The molecule has 1 fully saturated rings. The van der Waals surface area contributed by atoms with Crippen molar-refractivity contribution in [1.82, 2.24) is 20.0 Å². The lowest BCUT2D eigenvalue weighted by Crippen LogP contribution is -2.12. The van der Waals surface area contributed by atoms with E-state index in [1.54, 1.807) is 30.1 Å². The third-order valence-corrected chi connectivity index (χ3v) is 3.64. The van der Waals surface area contributed by atoms with Gasteiger partial charge in [0.15, 0.2) is 0 Å². The van der Waals surface area contributed by atoms with Crippen LogP contribution in [0.15, 0.2) is 18.3 Å². The summed E-state index contributed by atoms with van der Waals surface area (Å²) in [5.41, 5.74) is 2.74. The molecule has 0 radical (unpaired) electrons. The summed E-state index contributed by atoms with van der Waals surface area (Å²) in [4.78, 5) is 4.56. The first-order valence-corrected chi connectivity index (χ1v) is 8.17. The van der Waals surface area contributed by atoms with Crippen molar-refractivity contribution in [3.8, 4) is 11.4 Å². The van der Waals surface area contributed by atoms with Crippen molar-refractivity contribution in [3.05, 3.63) is 24.0 Å². The zero-order valence-electron chi connectivity index (χ0n) is 11.2. The van der Waals surface area contributed by atoms with Crippen LogP contribution in [-0.4, -0.2) is 34.7 Å². The van der Waals surface area contributed by atoms with Crippen molar-refractivity contribution >= 4 is 15.7 Å². The Balaban J connectivity index is 2.02. The Labute approximate surface area is 117 Å². The monoisotopic (exact) mass is 293 g/mol. The first-order chi connectivity index (χ1) is 9.42. The highest BCUT2D eigenvalue weighted by Gasteiger charge is 2.29. The van der Waals surface area contributed by atoms with E-state index < -0.39 is 10.0 Å². The van der Waals surface area contributed by atoms with E-state index >= 15 is 0 Å². The van der Waals surface area contributed by atoms with Crippen LogP contribution in [0.4, 0.5) is 5.69 Å². The summed E-state index contributed by atoms with van der Waals surface area (Å²) in [6.07, 6.45) is 4.99. The number of pyridine rings is 1. The maximum absolute atomic E-state index is 11.4. The molecule has 0 aliphatic heterocycles. The molecule has 0 unspecified atom stereocenters. The van der Waals surface area contributed by atoms with Crippen LogP contribution in [-0.2, 0) is 17.1 Å². The van der Waals surface area contributed by atoms with Gasteiger partial charge in [-0.15, -0.1) is 5.10 Å². The summed E-state index contributed by atoms with van der Waals surface area (Å²) >= 11 is 0. The van der Waals surface area contributed by atoms with Crippen LogP contribution in [0.25, 0.3) is 11.4 Å². The van der Waals surface area contributed by atoms with E-state index in [9.17, 15) is 8.42 Å². The summed E-state index contributed by atoms with van der Waals surface area (Å²) in [6, 6.07) is 3.50. The average molecular weight is 293 g/mol. The molecule has 106 valence electrons. The lowest BCUT2D eigenvalue weighted by atomic mass is 10.2. The molecule has 1 aliphatic carbocycles. The second-order valence-corrected chi connectivity index (χ2v) is 6.80. The molecule has 1 aliphatic rings. The fraction of sp³-hybridized carbons (Fsp3) is 0.417. The quantitative estimate of drug-likeness (QED) is 0.912. The van der Waals surface area contributed by atoms with Gasteiger partial charge in [-0.3, -0.25) is 9.40 Å². The van der Waals surface area contributed by atoms with Gasteiger partial charge in [-0.25, -0.2) is 13.4 Å². The van der Waals surface area contributed by atoms with Gasteiger partial charge in [0.25, 0.3) is 0 Å². The second kappa shape index (κ2) is 4.55. The lowest BCUT2D eigenvalue weighted by molar-refractivity contribution is 0.606. The van der Waals surface area contributed by atoms with Crippen molar-refractivity contribution in [2.75, 3.05) is 11.0 Å². The van der Waals surface area contributed by atoms with Gasteiger partial charge in [-0.1, -0.05) is 5.21 Å². The third kappa shape index (κ3) is 2.79. The summed E-state index contributed by atoms with van der Waals surface area (Å²) in [7, 11) is -1.51. The highest BCUT2D eigenvalue weighted by Crippen LogP contribution is 2.43. The summed E-state index contributed by atoms with van der Waals surface area (Å²) in [5, 5.41) is 7.90. The first-order valence-electron chi connectivity index (χ1n) is 6.28. The van der Waals surface area contributed by atoms with Crippen LogP contribution in [0.1, 0.15) is 24.5 Å². The lowest BCUT2D eigenvalue weighted by Gasteiger charge is -2.10. The summed E-state index contributed by atoms with van der Waals surface area (Å²) in [6.45, 7) is 0. The van der Waals surface area contributed by atoms with E-state index in [-0.39, 0.29) is 0 Å². The van der Waals surface area contributed by atoms with Crippen LogP contribution in [0.5, 0.6) is 0 Å². The zero-order valence-corrected chi connectivity index (χ0v) is 12.1. The van der Waals surface area contributed by atoms with Crippen LogP contribution in [0.2, 0.25) is 0 Å². The molecule has 8 heteroatoms. The Morgan fingerprint density at radius 3 is 2.60 bits per heavy atom. The van der Waals surface area contributed by atoms with Crippen LogP contribution in [0, 0.1) is 0 Å². The van der Waals surface area contributed by atoms with Crippen LogP contribution < -0.4 is 4.72 Å². The standard InChI is InChI=1S/C12H15N5O2S/c1-17-7-11(14-16-17)9-5-6-10(15-20(2,18)19)12(13-9)8-3-4-8/h5-8,15H,3-4H2,1-2H3. The number of rotatable bonds is 4. The summed E-state index contributed by atoms with van der Waals surface area (Å²) in [5.74, 6) is 0.330. The smallest absolute Gasteiger partial charge is 0.229 e. The number of hydrogen-bond donors (Lipinski definition) is 1. The Kier molecular flexibility index (Phi) is 2.97. The van der Waals surface area contributed by atoms with Crippen molar-refractivity contribution in [2.45, 2.75) is 18.8 Å². The van der Waals surface area contributed by atoms with E-state index in [1.165, 1.54) is 0 Å². The van der Waals surface area contributed by atoms with Gasteiger partial charge in [0.1, 0.15) is 5.69 Å². The fourth-order valence-corrected chi connectivity index (χ4v) is 2.61. The van der Waals surface area contributed by atoms with E-state index in [1.807, 2.05) is 0 Å². The number of nitrogens with one attached hydrogen (secondary N) is 1. The van der Waals surface area contributed by atoms with Crippen molar-refractivity contribution in [3.63, 3.8) is 0 Å². The SMILES string of the molecule is Cn1cc(-c2ccc(NS(C)(=O)=O)c(C3CC3)n2)nn1. The van der Waals surface area contributed by atoms with E-state index in [2.05, 4.69) is 20.0 Å². The van der Waals surface area contributed by atoms with Gasteiger partial charge >= 0.3 is 0 Å². The molecule has 20 heavy (non-hydrogen) atoms. The molecule has 1 saturated carbocycles. The molecule has 0 spiro atoms. The maximum Gasteiger partial charge on any atom is 0.229 e. The second-order valence-electron chi connectivity index (χ2n) is 5.06. The predicted molar refractivity (Wildman–Crippen MR) is 74.7 cm³/mol. The Morgan fingerprint density at radius 1 is 1.30 bits per heavy atom. The van der Waals surface area contributed by atoms with Crippen LogP contribution in [0.3, 0.4) is 0 Å². The van der Waals surface area contributed by atoms with Crippen molar-refractivity contribution in [1.29, 1.82) is 0 Å². The van der Waals surface area contributed by atoms with Crippen LogP contribution >= 0.6 is 0 Å². The molecule has 2 aromatic heterocycles. The molecule has 2 aromatic rings. The minimum Gasteiger partial charge on any atom is -0.282 e. The molecule has 0 atom stereocenters. The zero-order chi connectivity index (χ0) is 14.3. The van der Waals surface area contributed by atoms with Crippen molar-refractivity contribution < 1.29 is 8.42 Å². The number of aryl methyl sites for hydroxylation is 1. The molecule has 7 nitrogen and oxygen atoms in total. The fourth-order valence-electron chi connectivity index (χ4n) is 2.04. The number of hydrogen-bond acceptors (Lipinski definition) is 5. The molecule has 0 bridgehead atoms. The topological polar surface area (TPSA) is 89.8 Å². The normalized spacial score (nSPS) is 15.3. The molecular weight excluding hydrogens is 278 g/mol. The molecule has 0 saturated heterocycles. The average Bonchev–Trinajstić information content (AvgIpc) is 3.10. The molecule has 2 heterocycles. The van der Waals surface area contributed by atoms with Crippen molar-refractivity contribution in [2.24, 2.45) is 7.05 Å². The minimum atomic E-state index is -3.30. The molecule has 0 aromatic carbocycles. The minimum absolute atomic E-state index is 0.330. The largest absolute Gasteiger partial charge is 0.282 e. The number of sulfonamides is 1. The molecule has 0 amide bonds. The number of nitrogens with zero attached hydrogens (tertiary/aromatic N) is 4. The van der Waals surface area contributed by atoms with E-state index in [0.29, 0.717) is 23.0 Å². The Bertz CT molecular complexity index is 749. The number of aromatic nitrogens is 4. The van der Waals surface area contributed by atoms with Gasteiger partial charge in [0.2, 0.25) is 10.0 Å². The molecule has 3 rings (SSSR count). The third-order valence-electron chi connectivity index (χ3n) is 3.05. The highest BCUT2D eigenvalue weighted by molar-refractivity contribution is 7.92. The maximum atomic E-state index is 11.4. The number of anilines is 1. The highest BCUT2D eigenvalue weighted by atomic mass is 32.2. The van der Waals surface area contributed by atoms with E-state index in [4.69, 9.17) is 0 Å². The molecular formula is C12H15N5O2S. The summed E-state index contributed by atoms with van der Waals surface area (Å²) < 4.78 is 26.9. The Hall–Kier alpha value is -1.96. The van der Waals surface area contributed by atoms with Gasteiger partial charge in [0.05, 0.1) is 29.5 Å². The van der Waals surface area contributed by atoms with Gasteiger partial charge in [0, 0.05) is 13.0 Å². The van der Waals surface area contributed by atoms with E-state index in [0.717, 1.165) is 24.8 Å².